The summed E-state index contributed by atoms with van der Waals surface area (Å²) in [7, 11) is -4.46. The van der Waals surface area contributed by atoms with Crippen molar-refractivity contribution in [1.29, 1.82) is 0 Å². The molecular formula is C19H19NaO3S. The maximum atomic E-state index is 12.0. The van der Waals surface area contributed by atoms with Gasteiger partial charge in [0.05, 0.1) is 4.90 Å². The molecule has 0 fully saturated rings. The average Bonchev–Trinajstić information content (AvgIpc) is 2.74. The van der Waals surface area contributed by atoms with E-state index in [1.54, 1.807) is 0 Å². The summed E-state index contributed by atoms with van der Waals surface area (Å²) >= 11 is 0. The number of rotatable bonds is 1. The summed E-state index contributed by atoms with van der Waals surface area (Å²) in [6, 6.07) is 2.01. The average molecular weight is 350 g/mol. The van der Waals surface area contributed by atoms with E-state index < -0.39 is 10.1 Å². The van der Waals surface area contributed by atoms with Crippen LogP contribution in [0.5, 0.6) is 0 Å². The summed E-state index contributed by atoms with van der Waals surface area (Å²) < 4.78 is 36.1. The number of benzene rings is 2. The summed E-state index contributed by atoms with van der Waals surface area (Å²) in [4.78, 5) is 0.0858. The minimum absolute atomic E-state index is 0. The second-order valence-electron chi connectivity index (χ2n) is 7.76. The van der Waals surface area contributed by atoms with Crippen molar-refractivity contribution < 1.29 is 42.5 Å². The van der Waals surface area contributed by atoms with Gasteiger partial charge in [-0.1, -0.05) is 20.8 Å². The molecule has 0 spiro atoms. The van der Waals surface area contributed by atoms with E-state index in [9.17, 15) is 13.0 Å². The van der Waals surface area contributed by atoms with Crippen LogP contribution in [0.15, 0.2) is 11.0 Å². The largest absolute Gasteiger partial charge is 1.00 e. The SMILES string of the molecule is CC1Cc2c1c(S(=O)(=O)[O-])c1cc3c(c4c1c2C(C)C4)C(C)C3.[Na+]. The topological polar surface area (TPSA) is 57.2 Å². The first-order chi connectivity index (χ1) is 10.8. The maximum Gasteiger partial charge on any atom is 1.00 e. The zero-order valence-electron chi connectivity index (χ0n) is 14.6. The Bertz CT molecular complexity index is 1020. The monoisotopic (exact) mass is 350 g/mol. The molecule has 0 radical (unpaired) electrons. The van der Waals surface area contributed by atoms with Crippen LogP contribution < -0.4 is 29.6 Å². The molecule has 0 saturated heterocycles. The Morgan fingerprint density at radius 1 is 0.917 bits per heavy atom. The van der Waals surface area contributed by atoms with Crippen LogP contribution in [0.1, 0.15) is 71.9 Å². The van der Waals surface area contributed by atoms with Gasteiger partial charge in [0.25, 0.3) is 0 Å². The van der Waals surface area contributed by atoms with Crippen LogP contribution >= 0.6 is 0 Å². The van der Waals surface area contributed by atoms with Crippen molar-refractivity contribution in [2.24, 2.45) is 0 Å². The third-order valence-electron chi connectivity index (χ3n) is 6.24. The van der Waals surface area contributed by atoms with Crippen molar-refractivity contribution in [1.82, 2.24) is 0 Å². The zero-order chi connectivity index (χ0) is 16.3. The molecule has 3 aliphatic rings. The van der Waals surface area contributed by atoms with Gasteiger partial charge < -0.3 is 4.55 Å². The second-order valence-corrected chi connectivity index (χ2v) is 9.07. The molecule has 0 amide bonds. The van der Waals surface area contributed by atoms with E-state index in [2.05, 4.69) is 13.8 Å². The van der Waals surface area contributed by atoms with Crippen molar-refractivity contribution in [3.05, 3.63) is 39.4 Å². The minimum atomic E-state index is -4.46. The van der Waals surface area contributed by atoms with E-state index in [1.165, 1.54) is 22.3 Å². The number of fused-ring (bicyclic) bond motifs is 4. The molecule has 3 unspecified atom stereocenters. The first kappa shape index (κ1) is 17.0. The second kappa shape index (κ2) is 5.08. The van der Waals surface area contributed by atoms with Gasteiger partial charge in [0.2, 0.25) is 0 Å². The first-order valence-corrected chi connectivity index (χ1v) is 9.82. The molecule has 5 heteroatoms. The summed E-state index contributed by atoms with van der Waals surface area (Å²) in [6.45, 7) is 6.50. The summed E-state index contributed by atoms with van der Waals surface area (Å²) in [5.41, 5.74) is 7.29. The molecule has 2 aromatic carbocycles. The molecule has 0 bridgehead atoms. The van der Waals surface area contributed by atoms with Crippen molar-refractivity contribution >= 4 is 20.9 Å². The van der Waals surface area contributed by atoms with Crippen LogP contribution in [0, 0.1) is 0 Å². The van der Waals surface area contributed by atoms with Gasteiger partial charge in [-0.2, -0.15) is 0 Å². The van der Waals surface area contributed by atoms with Crippen molar-refractivity contribution in [3.8, 4) is 0 Å². The Morgan fingerprint density at radius 3 is 2.08 bits per heavy atom. The third kappa shape index (κ3) is 1.89. The van der Waals surface area contributed by atoms with Crippen molar-refractivity contribution in [2.75, 3.05) is 0 Å². The fraction of sp³-hybridized carbons (Fsp3) is 0.474. The number of hydrogen-bond donors (Lipinski definition) is 0. The Morgan fingerprint density at radius 2 is 1.50 bits per heavy atom. The third-order valence-corrected chi connectivity index (χ3v) is 7.18. The molecule has 3 aliphatic carbocycles. The molecule has 3 atom stereocenters. The minimum Gasteiger partial charge on any atom is -0.744 e. The molecule has 0 N–H and O–H groups in total. The maximum absolute atomic E-state index is 12.0. The molecule has 5 rings (SSSR count). The molecule has 0 saturated carbocycles. The summed E-state index contributed by atoms with van der Waals surface area (Å²) in [6.07, 6.45) is 2.88. The van der Waals surface area contributed by atoms with Gasteiger partial charge >= 0.3 is 29.6 Å². The Balaban J connectivity index is 0.00000146. The van der Waals surface area contributed by atoms with Crippen LogP contribution in [0.4, 0.5) is 0 Å². The van der Waals surface area contributed by atoms with Gasteiger partial charge in [-0.15, -0.1) is 0 Å². The molecule has 120 valence electrons. The predicted molar refractivity (Wildman–Crippen MR) is 88.3 cm³/mol. The van der Waals surface area contributed by atoms with E-state index >= 15 is 0 Å². The van der Waals surface area contributed by atoms with Crippen LogP contribution in [-0.4, -0.2) is 13.0 Å². The Hall–Kier alpha value is -0.390. The van der Waals surface area contributed by atoms with E-state index in [4.69, 9.17) is 0 Å². The van der Waals surface area contributed by atoms with Crippen molar-refractivity contribution in [2.45, 2.75) is 62.7 Å². The Kier molecular flexibility index (Phi) is 3.60. The van der Waals surface area contributed by atoms with E-state index in [0.29, 0.717) is 17.2 Å². The van der Waals surface area contributed by atoms with Gasteiger partial charge in [0, 0.05) is 5.39 Å². The number of hydrogen-bond acceptors (Lipinski definition) is 3. The fourth-order valence-electron chi connectivity index (χ4n) is 5.42. The van der Waals surface area contributed by atoms with Crippen LogP contribution in [-0.2, 0) is 29.4 Å². The quantitative estimate of drug-likeness (QED) is 0.563. The van der Waals surface area contributed by atoms with Gasteiger partial charge in [-0.25, -0.2) is 8.42 Å². The predicted octanol–water partition coefficient (Wildman–Crippen LogP) is 0.727. The summed E-state index contributed by atoms with van der Waals surface area (Å²) in [5, 5.41) is 1.81. The van der Waals surface area contributed by atoms with Crippen molar-refractivity contribution in [3.63, 3.8) is 0 Å². The van der Waals surface area contributed by atoms with E-state index in [0.717, 1.165) is 35.8 Å². The van der Waals surface area contributed by atoms with Crippen LogP contribution in [0.25, 0.3) is 10.8 Å². The smallest absolute Gasteiger partial charge is 0.744 e. The van der Waals surface area contributed by atoms with Gasteiger partial charge in [-0.05, 0) is 81.8 Å². The molecule has 0 aromatic heterocycles. The molecule has 0 aliphatic heterocycles. The molecule has 2 aromatic rings. The summed E-state index contributed by atoms with van der Waals surface area (Å²) in [5.74, 6) is 1.15. The van der Waals surface area contributed by atoms with Gasteiger partial charge in [0.1, 0.15) is 10.1 Å². The fourth-order valence-corrected chi connectivity index (χ4v) is 6.44. The van der Waals surface area contributed by atoms with E-state index in [1.807, 2.05) is 13.0 Å². The van der Waals surface area contributed by atoms with Gasteiger partial charge in [0.15, 0.2) is 0 Å². The first-order valence-electron chi connectivity index (χ1n) is 8.41. The molecule has 3 nitrogen and oxygen atoms in total. The zero-order valence-corrected chi connectivity index (χ0v) is 17.4. The normalized spacial score (nSPS) is 26.2. The van der Waals surface area contributed by atoms with E-state index in [-0.39, 0.29) is 40.4 Å². The van der Waals surface area contributed by atoms with Crippen LogP contribution in [0.2, 0.25) is 0 Å². The van der Waals surface area contributed by atoms with Gasteiger partial charge in [-0.3, -0.25) is 0 Å². The molecule has 0 heterocycles. The molecular weight excluding hydrogens is 331 g/mol. The molecule has 24 heavy (non-hydrogen) atoms. The van der Waals surface area contributed by atoms with Crippen LogP contribution in [0.3, 0.4) is 0 Å². The Labute approximate surface area is 164 Å². The standard InChI is InChI=1S/C19H20O3S.Na/c1-8-4-11-7-14-18-12(15(8)11)5-9(2)16(18)13-6-10(3)17(13)19(14)23(20,21)22;/h7-10H,4-6H2,1-3H3,(H,20,21,22);/q;+1/p-1.